The van der Waals surface area contributed by atoms with Gasteiger partial charge in [0.2, 0.25) is 0 Å². The van der Waals surface area contributed by atoms with Crippen molar-refractivity contribution in [1.82, 2.24) is 4.57 Å². The number of halogens is 2. The second kappa shape index (κ2) is 13.5. The van der Waals surface area contributed by atoms with Gasteiger partial charge in [0.05, 0.1) is 5.52 Å². The van der Waals surface area contributed by atoms with Crippen LogP contribution < -0.4 is 0 Å². The Balaban J connectivity index is 1.94. The van der Waals surface area contributed by atoms with Gasteiger partial charge in [0.1, 0.15) is 0 Å². The maximum atomic E-state index is 4.02. The van der Waals surface area contributed by atoms with Crippen LogP contribution in [0.5, 0.6) is 0 Å². The van der Waals surface area contributed by atoms with Gasteiger partial charge in [-0.1, -0.05) is 142 Å². The lowest BCUT2D eigenvalue weighted by Gasteiger charge is -2.33. The van der Waals surface area contributed by atoms with E-state index in [2.05, 4.69) is 94.6 Å². The van der Waals surface area contributed by atoms with Crippen molar-refractivity contribution < 1.29 is 0 Å². The normalized spacial score (nSPS) is 12.3. The third-order valence-electron chi connectivity index (χ3n) is 7.84. The second-order valence-corrected chi connectivity index (χ2v) is 12.4. The number of hydrogen-bond donors (Lipinski definition) is 0. The molecule has 0 aliphatic rings. The zero-order valence-electron chi connectivity index (χ0n) is 22.0. The molecule has 0 saturated heterocycles. The molecule has 2 aromatic carbocycles. The molecule has 0 aliphatic carbocycles. The van der Waals surface area contributed by atoms with E-state index in [0.717, 1.165) is 4.47 Å². The lowest BCUT2D eigenvalue weighted by molar-refractivity contribution is 0.362. The van der Waals surface area contributed by atoms with Crippen LogP contribution in [0.3, 0.4) is 0 Å². The van der Waals surface area contributed by atoms with Crippen molar-refractivity contribution >= 4 is 53.7 Å². The average molecular weight is 592 g/mol. The molecule has 0 aliphatic heterocycles. The monoisotopic (exact) mass is 589 g/mol. The van der Waals surface area contributed by atoms with Gasteiger partial charge >= 0.3 is 0 Å². The topological polar surface area (TPSA) is 4.93 Å². The highest BCUT2D eigenvalue weighted by Gasteiger charge is 2.31. The molecule has 3 heteroatoms. The van der Waals surface area contributed by atoms with Crippen LogP contribution in [-0.4, -0.2) is 4.57 Å². The van der Waals surface area contributed by atoms with Crippen molar-refractivity contribution in [3.05, 3.63) is 44.8 Å². The standard InChI is InChI=1S/C31H45Br2N/c1-5-7-9-11-13-15-21-31(3,22-16-14-12-10-8-6-2)29-27(33)20-19-26-25-18-17-24(32)23-28(25)34(4)30(26)29/h17-20,23H,5-16,21-22H2,1-4H3. The number of aromatic nitrogens is 1. The highest BCUT2D eigenvalue weighted by Crippen LogP contribution is 2.45. The Morgan fingerprint density at radius 3 is 1.82 bits per heavy atom. The first kappa shape index (κ1) is 27.8. The van der Waals surface area contributed by atoms with Gasteiger partial charge in [-0.25, -0.2) is 0 Å². The third-order valence-corrected chi connectivity index (χ3v) is 9.00. The Morgan fingerprint density at radius 1 is 0.706 bits per heavy atom. The lowest BCUT2D eigenvalue weighted by atomic mass is 9.73. The maximum Gasteiger partial charge on any atom is 0.0538 e. The van der Waals surface area contributed by atoms with Crippen molar-refractivity contribution in [1.29, 1.82) is 0 Å². The molecule has 0 N–H and O–H groups in total. The molecule has 1 nitrogen and oxygen atoms in total. The summed E-state index contributed by atoms with van der Waals surface area (Å²) in [5.41, 5.74) is 4.45. The van der Waals surface area contributed by atoms with Crippen molar-refractivity contribution in [3.8, 4) is 0 Å². The summed E-state index contributed by atoms with van der Waals surface area (Å²) in [4.78, 5) is 0. The van der Waals surface area contributed by atoms with Crippen molar-refractivity contribution in [2.45, 2.75) is 116 Å². The molecule has 0 unspecified atom stereocenters. The Kier molecular flexibility index (Phi) is 11.0. The van der Waals surface area contributed by atoms with E-state index < -0.39 is 0 Å². The van der Waals surface area contributed by atoms with E-state index in [1.54, 1.807) is 0 Å². The minimum atomic E-state index is 0.188. The van der Waals surface area contributed by atoms with Gasteiger partial charge in [-0.3, -0.25) is 0 Å². The molecular formula is C31H45Br2N. The third kappa shape index (κ3) is 6.69. The summed E-state index contributed by atoms with van der Waals surface area (Å²) in [5.74, 6) is 0. The second-order valence-electron chi connectivity index (χ2n) is 10.6. The number of benzene rings is 2. The molecule has 3 rings (SSSR count). The molecule has 0 radical (unpaired) electrons. The largest absolute Gasteiger partial charge is 0.343 e. The van der Waals surface area contributed by atoms with Crippen LogP contribution in [0.25, 0.3) is 21.8 Å². The highest BCUT2D eigenvalue weighted by atomic mass is 79.9. The maximum absolute atomic E-state index is 4.02. The molecule has 0 fully saturated rings. The molecular weight excluding hydrogens is 546 g/mol. The fourth-order valence-electron chi connectivity index (χ4n) is 5.80. The van der Waals surface area contributed by atoms with E-state index in [-0.39, 0.29) is 5.41 Å². The van der Waals surface area contributed by atoms with E-state index in [1.807, 2.05) is 0 Å². The molecule has 3 aromatic rings. The van der Waals surface area contributed by atoms with Gasteiger partial charge in [-0.05, 0) is 42.0 Å². The van der Waals surface area contributed by atoms with Crippen LogP contribution in [0.2, 0.25) is 0 Å². The Bertz CT molecular complexity index is 1030. The Labute approximate surface area is 225 Å². The summed E-state index contributed by atoms with van der Waals surface area (Å²) in [6.45, 7) is 7.16. The van der Waals surface area contributed by atoms with Gasteiger partial charge in [0.25, 0.3) is 0 Å². The van der Waals surface area contributed by atoms with Crippen LogP contribution in [0.15, 0.2) is 39.3 Å². The van der Waals surface area contributed by atoms with Crippen LogP contribution in [0.1, 0.15) is 116 Å². The van der Waals surface area contributed by atoms with Gasteiger partial charge in [-0.15, -0.1) is 0 Å². The number of rotatable bonds is 15. The number of nitrogens with zero attached hydrogens (tertiary/aromatic N) is 1. The fraction of sp³-hybridized carbons (Fsp3) is 0.613. The van der Waals surface area contributed by atoms with E-state index >= 15 is 0 Å². The summed E-state index contributed by atoms with van der Waals surface area (Å²) in [7, 11) is 2.25. The lowest BCUT2D eigenvalue weighted by Crippen LogP contribution is -2.24. The van der Waals surface area contributed by atoms with Gasteiger partial charge in [-0.2, -0.15) is 0 Å². The van der Waals surface area contributed by atoms with Gasteiger partial charge in [0.15, 0.2) is 0 Å². The van der Waals surface area contributed by atoms with Crippen molar-refractivity contribution in [2.24, 2.45) is 7.05 Å². The van der Waals surface area contributed by atoms with Crippen LogP contribution in [0, 0.1) is 0 Å². The zero-order valence-corrected chi connectivity index (χ0v) is 25.2. The minimum absolute atomic E-state index is 0.188. The first-order valence-corrected chi connectivity index (χ1v) is 15.4. The molecule has 188 valence electrons. The number of fused-ring (bicyclic) bond motifs is 3. The number of aryl methyl sites for hydroxylation is 1. The van der Waals surface area contributed by atoms with E-state index in [4.69, 9.17) is 0 Å². The van der Waals surface area contributed by atoms with Crippen molar-refractivity contribution in [2.75, 3.05) is 0 Å². The smallest absolute Gasteiger partial charge is 0.0538 e. The average Bonchev–Trinajstić information content (AvgIpc) is 3.09. The van der Waals surface area contributed by atoms with Gasteiger partial charge < -0.3 is 4.57 Å². The number of unbranched alkanes of at least 4 members (excludes halogenated alkanes) is 10. The first-order chi connectivity index (χ1) is 16.4. The molecule has 0 atom stereocenters. The summed E-state index contributed by atoms with van der Waals surface area (Å²) in [5, 5.41) is 2.75. The molecule has 0 saturated carbocycles. The predicted octanol–water partition coefficient (Wildman–Crippen LogP) is 11.6. The Hall–Kier alpha value is -0.800. The first-order valence-electron chi connectivity index (χ1n) is 13.8. The van der Waals surface area contributed by atoms with Crippen molar-refractivity contribution in [3.63, 3.8) is 0 Å². The van der Waals surface area contributed by atoms with E-state index in [0.29, 0.717) is 0 Å². The molecule has 34 heavy (non-hydrogen) atoms. The predicted molar refractivity (Wildman–Crippen MR) is 159 cm³/mol. The zero-order chi connectivity index (χ0) is 24.6. The highest BCUT2D eigenvalue weighted by molar-refractivity contribution is 9.10. The van der Waals surface area contributed by atoms with Crippen LogP contribution in [0.4, 0.5) is 0 Å². The van der Waals surface area contributed by atoms with E-state index in [9.17, 15) is 0 Å². The van der Waals surface area contributed by atoms with E-state index in [1.165, 1.54) is 122 Å². The molecule has 0 spiro atoms. The van der Waals surface area contributed by atoms with Crippen LogP contribution >= 0.6 is 31.9 Å². The fourth-order valence-corrected chi connectivity index (χ4v) is 6.95. The molecule has 1 aromatic heterocycles. The SMILES string of the molecule is CCCCCCCCC(C)(CCCCCCCC)c1c(Br)ccc2c3ccc(Br)cc3n(C)c12. The van der Waals surface area contributed by atoms with Crippen LogP contribution in [-0.2, 0) is 12.5 Å². The summed E-state index contributed by atoms with van der Waals surface area (Å²) >= 11 is 7.72. The summed E-state index contributed by atoms with van der Waals surface area (Å²) in [6.07, 6.45) is 18.9. The minimum Gasteiger partial charge on any atom is -0.343 e. The molecule has 1 heterocycles. The van der Waals surface area contributed by atoms with Gasteiger partial charge in [0, 0.05) is 32.3 Å². The summed E-state index contributed by atoms with van der Waals surface area (Å²) in [6, 6.07) is 11.3. The Morgan fingerprint density at radius 2 is 1.24 bits per heavy atom. The molecule has 0 bridgehead atoms. The quantitative estimate of drug-likeness (QED) is 0.155. The summed E-state index contributed by atoms with van der Waals surface area (Å²) < 4.78 is 4.87. The number of hydrogen-bond acceptors (Lipinski definition) is 0. The molecule has 0 amide bonds.